The van der Waals surface area contributed by atoms with Crippen molar-refractivity contribution in [3.05, 3.63) is 101 Å². The molecule has 1 heterocycles. The number of nitrogens with one attached hydrogen (secondary N) is 1. The fourth-order valence-electron chi connectivity index (χ4n) is 3.82. The summed E-state index contributed by atoms with van der Waals surface area (Å²) in [4.78, 5) is 32.2. The first-order chi connectivity index (χ1) is 18.0. The number of hydrogen-bond acceptors (Lipinski definition) is 3. The van der Waals surface area contributed by atoms with Gasteiger partial charge in [0.25, 0.3) is 5.91 Å². The first-order valence-electron chi connectivity index (χ1n) is 11.7. The van der Waals surface area contributed by atoms with Gasteiger partial charge in [-0.3, -0.25) is 19.5 Å². The topological polar surface area (TPSA) is 67.2 Å². The maximum absolute atomic E-state index is 13.1. The minimum absolute atomic E-state index is 0.0995. The molecule has 0 aliphatic rings. The van der Waals surface area contributed by atoms with Crippen LogP contribution in [0.1, 0.15) is 29.8 Å². The first-order valence-corrected chi connectivity index (χ1v) is 12.1. The molecule has 0 saturated carbocycles. The van der Waals surface area contributed by atoms with Crippen molar-refractivity contribution in [1.29, 1.82) is 0 Å². The minimum atomic E-state index is -4.48. The summed E-state index contributed by atoms with van der Waals surface area (Å²) >= 11 is 6.19. The van der Waals surface area contributed by atoms with Crippen LogP contribution in [0.2, 0.25) is 5.02 Å². The maximum atomic E-state index is 13.1. The third kappa shape index (κ3) is 6.06. The fraction of sp³-hybridized carbons (Fsp3) is 0.179. The number of anilines is 1. The van der Waals surface area contributed by atoms with E-state index in [0.29, 0.717) is 11.4 Å². The predicted molar refractivity (Wildman–Crippen MR) is 140 cm³/mol. The molecule has 0 saturated heterocycles. The number of hydrogen-bond donors (Lipinski definition) is 1. The summed E-state index contributed by atoms with van der Waals surface area (Å²) in [5.41, 5.74) is 1.12. The third-order valence-corrected chi connectivity index (χ3v) is 6.13. The zero-order chi connectivity index (χ0) is 27.4. The highest BCUT2D eigenvalue weighted by molar-refractivity contribution is 6.33. The number of amides is 2. The van der Waals surface area contributed by atoms with Gasteiger partial charge in [0.05, 0.1) is 21.8 Å². The average Bonchev–Trinajstić information content (AvgIpc) is 3.30. The Balaban J connectivity index is 1.64. The van der Waals surface area contributed by atoms with Gasteiger partial charge >= 0.3 is 6.18 Å². The van der Waals surface area contributed by atoms with E-state index in [2.05, 4.69) is 10.3 Å². The summed E-state index contributed by atoms with van der Waals surface area (Å²) in [6.45, 7) is 3.26. The molecule has 6 nitrogen and oxygen atoms in total. The monoisotopic (exact) mass is 540 g/mol. The lowest BCUT2D eigenvalue weighted by Gasteiger charge is -2.26. The van der Waals surface area contributed by atoms with E-state index in [1.807, 2.05) is 30.3 Å². The van der Waals surface area contributed by atoms with E-state index < -0.39 is 23.6 Å². The van der Waals surface area contributed by atoms with Crippen LogP contribution in [0.3, 0.4) is 0 Å². The molecule has 0 unspecified atom stereocenters. The molecule has 1 N–H and O–H groups in total. The van der Waals surface area contributed by atoms with E-state index in [1.54, 1.807) is 44.3 Å². The SMILES string of the molecule is CC(C)N(CC(=O)Nc1nc(-c2ccccc2)cn1-c1ccc(C(F)(F)F)cc1)C(=O)c1ccccc1Cl. The zero-order valence-corrected chi connectivity index (χ0v) is 21.3. The van der Waals surface area contributed by atoms with E-state index >= 15 is 0 Å². The Kier molecular flexibility index (Phi) is 7.87. The lowest BCUT2D eigenvalue weighted by Crippen LogP contribution is -2.42. The van der Waals surface area contributed by atoms with Crippen LogP contribution in [-0.2, 0) is 11.0 Å². The van der Waals surface area contributed by atoms with Crippen LogP contribution in [0.15, 0.2) is 85.1 Å². The highest BCUT2D eigenvalue weighted by atomic mass is 35.5. The number of nitrogens with zero attached hydrogens (tertiary/aromatic N) is 3. The number of halogens is 4. The van der Waals surface area contributed by atoms with Crippen molar-refractivity contribution in [3.63, 3.8) is 0 Å². The second-order valence-corrected chi connectivity index (χ2v) is 9.19. The second-order valence-electron chi connectivity index (χ2n) is 8.79. The molecular formula is C28H24ClF3N4O2. The molecule has 3 aromatic carbocycles. The molecule has 0 atom stereocenters. The normalized spacial score (nSPS) is 11.4. The second kappa shape index (κ2) is 11.1. The zero-order valence-electron chi connectivity index (χ0n) is 20.5. The summed E-state index contributed by atoms with van der Waals surface area (Å²) in [5, 5.41) is 2.99. The molecule has 4 aromatic rings. The van der Waals surface area contributed by atoms with Crippen molar-refractivity contribution in [3.8, 4) is 16.9 Å². The Morgan fingerprint density at radius 1 is 0.974 bits per heavy atom. The number of carbonyl (C=O) groups excluding carboxylic acids is 2. The molecule has 0 radical (unpaired) electrons. The molecule has 0 aliphatic carbocycles. The van der Waals surface area contributed by atoms with Gasteiger partial charge in [-0.05, 0) is 50.2 Å². The van der Waals surface area contributed by atoms with Gasteiger partial charge in [-0.2, -0.15) is 13.2 Å². The van der Waals surface area contributed by atoms with Gasteiger partial charge in [0.1, 0.15) is 6.54 Å². The Labute approximate surface area is 222 Å². The van der Waals surface area contributed by atoms with Crippen molar-refractivity contribution >= 4 is 29.4 Å². The molecule has 4 rings (SSSR count). The summed E-state index contributed by atoms with van der Waals surface area (Å²) in [6, 6.07) is 19.9. The lowest BCUT2D eigenvalue weighted by atomic mass is 10.1. The fourth-order valence-corrected chi connectivity index (χ4v) is 4.04. The molecular weight excluding hydrogens is 517 g/mol. The van der Waals surface area contributed by atoms with Crippen molar-refractivity contribution in [2.75, 3.05) is 11.9 Å². The quantitative estimate of drug-likeness (QED) is 0.283. The van der Waals surface area contributed by atoms with Gasteiger partial charge in [0.2, 0.25) is 11.9 Å². The summed E-state index contributed by atoms with van der Waals surface area (Å²) < 4.78 is 40.7. The summed E-state index contributed by atoms with van der Waals surface area (Å²) in [7, 11) is 0. The average molecular weight is 541 g/mol. The van der Waals surface area contributed by atoms with E-state index in [4.69, 9.17) is 11.6 Å². The number of benzene rings is 3. The van der Waals surface area contributed by atoms with Crippen LogP contribution in [-0.4, -0.2) is 38.9 Å². The lowest BCUT2D eigenvalue weighted by molar-refractivity contribution is -0.137. The largest absolute Gasteiger partial charge is 0.416 e. The van der Waals surface area contributed by atoms with Gasteiger partial charge in [-0.1, -0.05) is 54.1 Å². The van der Waals surface area contributed by atoms with Gasteiger partial charge in [-0.15, -0.1) is 0 Å². The van der Waals surface area contributed by atoms with E-state index in [-0.39, 0.29) is 29.1 Å². The number of imidazole rings is 1. The van der Waals surface area contributed by atoms with E-state index in [1.165, 1.54) is 21.6 Å². The molecule has 2 amide bonds. The minimum Gasteiger partial charge on any atom is -0.327 e. The van der Waals surface area contributed by atoms with Crippen molar-refractivity contribution < 1.29 is 22.8 Å². The van der Waals surface area contributed by atoms with Gasteiger partial charge in [0, 0.05) is 23.5 Å². The Bertz CT molecular complexity index is 1430. The molecule has 38 heavy (non-hydrogen) atoms. The standard InChI is InChI=1S/C28H24ClF3N4O2/c1-18(2)35(26(38)22-10-6-7-11-23(22)29)17-25(37)34-27-33-24(19-8-4-3-5-9-19)16-36(27)21-14-12-20(13-15-21)28(30,31)32/h3-16,18H,17H2,1-2H3,(H,33,34,37). The van der Waals surface area contributed by atoms with Crippen LogP contribution < -0.4 is 5.32 Å². The van der Waals surface area contributed by atoms with Crippen LogP contribution in [0.4, 0.5) is 19.1 Å². The molecule has 0 spiro atoms. The first kappa shape index (κ1) is 26.9. The van der Waals surface area contributed by atoms with Crippen LogP contribution >= 0.6 is 11.6 Å². The molecule has 0 bridgehead atoms. The molecule has 0 fully saturated rings. The van der Waals surface area contributed by atoms with Gasteiger partial charge in [0.15, 0.2) is 0 Å². The summed E-state index contributed by atoms with van der Waals surface area (Å²) in [5.74, 6) is -0.836. The highest BCUT2D eigenvalue weighted by Gasteiger charge is 2.30. The number of aromatic nitrogens is 2. The Morgan fingerprint density at radius 3 is 2.21 bits per heavy atom. The highest BCUT2D eigenvalue weighted by Crippen LogP contribution is 2.31. The summed E-state index contributed by atoms with van der Waals surface area (Å²) in [6.07, 6.45) is -2.85. The molecule has 0 aliphatic heterocycles. The molecule has 10 heteroatoms. The van der Waals surface area contributed by atoms with Crippen molar-refractivity contribution in [2.45, 2.75) is 26.1 Å². The van der Waals surface area contributed by atoms with E-state index in [0.717, 1.165) is 17.7 Å². The number of carbonyl (C=O) groups is 2. The predicted octanol–water partition coefficient (Wildman–Crippen LogP) is 6.70. The Morgan fingerprint density at radius 2 is 1.61 bits per heavy atom. The van der Waals surface area contributed by atoms with Crippen molar-refractivity contribution in [1.82, 2.24) is 14.5 Å². The maximum Gasteiger partial charge on any atom is 0.416 e. The molecule has 196 valence electrons. The van der Waals surface area contributed by atoms with Gasteiger partial charge < -0.3 is 4.90 Å². The third-order valence-electron chi connectivity index (χ3n) is 5.80. The van der Waals surface area contributed by atoms with E-state index in [9.17, 15) is 22.8 Å². The number of alkyl halides is 3. The van der Waals surface area contributed by atoms with Gasteiger partial charge in [-0.25, -0.2) is 4.98 Å². The van der Waals surface area contributed by atoms with Crippen LogP contribution in [0.5, 0.6) is 0 Å². The smallest absolute Gasteiger partial charge is 0.327 e. The molecule has 1 aromatic heterocycles. The van der Waals surface area contributed by atoms with Crippen LogP contribution in [0, 0.1) is 0 Å². The number of rotatable bonds is 7. The van der Waals surface area contributed by atoms with Crippen LogP contribution in [0.25, 0.3) is 16.9 Å². The Hall–Kier alpha value is -4.11. The van der Waals surface area contributed by atoms with Crippen molar-refractivity contribution in [2.24, 2.45) is 0 Å².